The van der Waals surface area contributed by atoms with Gasteiger partial charge in [-0.05, 0) is 50.0 Å². The van der Waals surface area contributed by atoms with Crippen molar-refractivity contribution in [3.8, 4) is 17.2 Å². The van der Waals surface area contributed by atoms with Gasteiger partial charge in [0.1, 0.15) is 0 Å². The van der Waals surface area contributed by atoms with E-state index in [4.69, 9.17) is 14.2 Å². The predicted molar refractivity (Wildman–Crippen MR) is 140 cm³/mol. The summed E-state index contributed by atoms with van der Waals surface area (Å²) in [5, 5.41) is 3.62. The number of ether oxygens (including phenoxy) is 3. The van der Waals surface area contributed by atoms with Crippen LogP contribution in [-0.4, -0.2) is 102 Å². The number of benzene rings is 1. The lowest BCUT2D eigenvalue weighted by Gasteiger charge is -2.37. The first-order valence-corrected chi connectivity index (χ1v) is 11.2. The molecule has 2 aliphatic heterocycles. The van der Waals surface area contributed by atoms with E-state index in [1.54, 1.807) is 21.3 Å². The van der Waals surface area contributed by atoms with Crippen molar-refractivity contribution in [2.75, 3.05) is 81.2 Å². The van der Waals surface area contributed by atoms with Crippen LogP contribution in [0.2, 0.25) is 0 Å². The number of nitrogens with one attached hydrogen (secondary N) is 1. The van der Waals surface area contributed by atoms with Gasteiger partial charge in [-0.3, -0.25) is 9.89 Å². The highest BCUT2D eigenvalue weighted by Crippen LogP contribution is 2.38. The molecule has 1 aromatic carbocycles. The maximum absolute atomic E-state index is 5.50. The molecule has 0 radical (unpaired) electrons. The zero-order valence-corrected chi connectivity index (χ0v) is 22.6. The van der Waals surface area contributed by atoms with Gasteiger partial charge in [-0.2, -0.15) is 0 Å². The fourth-order valence-electron chi connectivity index (χ4n) is 4.61. The molecule has 0 amide bonds. The number of nitrogens with zero attached hydrogens (tertiary/aromatic N) is 4. The fraction of sp³-hybridized carbons (Fsp3) is 0.696. The molecule has 0 bridgehead atoms. The van der Waals surface area contributed by atoms with Gasteiger partial charge in [-0.1, -0.05) is 0 Å². The molecular weight excluding hydrogens is 521 g/mol. The normalized spacial score (nSPS) is 20.5. The number of hydrogen-bond acceptors (Lipinski definition) is 6. The van der Waals surface area contributed by atoms with E-state index in [1.807, 2.05) is 19.2 Å². The summed E-state index contributed by atoms with van der Waals surface area (Å²) in [6, 6.07) is 4.07. The van der Waals surface area contributed by atoms with E-state index in [1.165, 1.54) is 25.9 Å². The number of methoxy groups -OCH3 is 3. The Morgan fingerprint density at radius 2 is 1.69 bits per heavy atom. The third-order valence-electron chi connectivity index (χ3n) is 6.29. The lowest BCUT2D eigenvalue weighted by Crippen LogP contribution is -2.53. The van der Waals surface area contributed by atoms with Crippen LogP contribution in [-0.2, 0) is 6.54 Å². The molecular formula is C23H40IN5O3. The van der Waals surface area contributed by atoms with Crippen molar-refractivity contribution >= 4 is 29.9 Å². The number of aliphatic imine (C=N–C) groups is 1. The summed E-state index contributed by atoms with van der Waals surface area (Å²) >= 11 is 0. The number of guanidine groups is 1. The minimum absolute atomic E-state index is 0. The van der Waals surface area contributed by atoms with Crippen molar-refractivity contribution in [2.45, 2.75) is 19.4 Å². The highest BCUT2D eigenvalue weighted by Gasteiger charge is 2.23. The average molecular weight is 562 g/mol. The van der Waals surface area contributed by atoms with Gasteiger partial charge in [-0.25, -0.2) is 0 Å². The van der Waals surface area contributed by atoms with Crippen molar-refractivity contribution in [1.29, 1.82) is 0 Å². The van der Waals surface area contributed by atoms with Gasteiger partial charge in [-0.15, -0.1) is 24.0 Å². The Labute approximate surface area is 210 Å². The summed E-state index contributed by atoms with van der Waals surface area (Å²) in [4.78, 5) is 11.8. The smallest absolute Gasteiger partial charge is 0.203 e. The summed E-state index contributed by atoms with van der Waals surface area (Å²) in [6.45, 7) is 8.16. The van der Waals surface area contributed by atoms with E-state index in [0.29, 0.717) is 23.2 Å². The summed E-state index contributed by atoms with van der Waals surface area (Å²) in [7, 11) is 9.05. The molecule has 8 nitrogen and oxygen atoms in total. The molecule has 0 aromatic heterocycles. The van der Waals surface area contributed by atoms with Gasteiger partial charge in [0.05, 0.1) is 21.3 Å². The molecule has 1 atom stereocenters. The Morgan fingerprint density at radius 1 is 1.03 bits per heavy atom. The number of rotatable bonds is 7. The number of piperazine rings is 1. The quantitative estimate of drug-likeness (QED) is 0.312. The number of halogens is 1. The van der Waals surface area contributed by atoms with Crippen molar-refractivity contribution in [3.05, 3.63) is 17.7 Å². The van der Waals surface area contributed by atoms with E-state index in [0.717, 1.165) is 50.8 Å². The SMILES string of the molecule is CN=C(NCC1CCCN(C)C1)N1CCN(Cc2cc(OC)c(OC)c(OC)c2)CC1.I. The van der Waals surface area contributed by atoms with Crippen LogP contribution in [0.5, 0.6) is 17.2 Å². The van der Waals surface area contributed by atoms with Crippen LogP contribution in [0.4, 0.5) is 0 Å². The maximum atomic E-state index is 5.50. The summed E-state index contributed by atoms with van der Waals surface area (Å²) in [5.74, 6) is 3.77. The maximum Gasteiger partial charge on any atom is 0.203 e. The third kappa shape index (κ3) is 7.02. The summed E-state index contributed by atoms with van der Waals surface area (Å²) < 4.78 is 16.4. The van der Waals surface area contributed by atoms with Crippen LogP contribution < -0.4 is 19.5 Å². The zero-order chi connectivity index (χ0) is 22.2. The topological polar surface area (TPSA) is 61.8 Å². The second kappa shape index (κ2) is 13.3. The van der Waals surface area contributed by atoms with Crippen LogP contribution in [0.25, 0.3) is 0 Å². The first-order chi connectivity index (χ1) is 15.1. The molecule has 0 spiro atoms. The van der Waals surface area contributed by atoms with E-state index in [9.17, 15) is 0 Å². The molecule has 32 heavy (non-hydrogen) atoms. The first-order valence-electron chi connectivity index (χ1n) is 11.2. The second-order valence-electron chi connectivity index (χ2n) is 8.50. The predicted octanol–water partition coefficient (Wildman–Crippen LogP) is 2.37. The van der Waals surface area contributed by atoms with Crippen LogP contribution in [0.15, 0.2) is 17.1 Å². The second-order valence-corrected chi connectivity index (χ2v) is 8.50. The molecule has 9 heteroatoms. The van der Waals surface area contributed by atoms with Gasteiger partial charge in [0.2, 0.25) is 5.75 Å². The van der Waals surface area contributed by atoms with Gasteiger partial charge in [0.15, 0.2) is 17.5 Å². The number of piperidine rings is 1. The first kappa shape index (κ1) is 26.8. The Bertz CT molecular complexity index is 715. The molecule has 1 aromatic rings. The Morgan fingerprint density at radius 3 is 2.22 bits per heavy atom. The highest BCUT2D eigenvalue weighted by molar-refractivity contribution is 14.0. The number of likely N-dealkylation sites (tertiary alicyclic amines) is 1. The Kier molecular flexibility index (Phi) is 11.1. The van der Waals surface area contributed by atoms with Crippen molar-refractivity contribution in [2.24, 2.45) is 10.9 Å². The molecule has 2 heterocycles. The van der Waals surface area contributed by atoms with E-state index in [-0.39, 0.29) is 24.0 Å². The molecule has 2 saturated heterocycles. The lowest BCUT2D eigenvalue weighted by atomic mass is 9.98. The molecule has 2 fully saturated rings. The van der Waals surface area contributed by atoms with Crippen LogP contribution in [0.1, 0.15) is 18.4 Å². The average Bonchev–Trinajstić information content (AvgIpc) is 2.79. The third-order valence-corrected chi connectivity index (χ3v) is 6.29. The van der Waals surface area contributed by atoms with Gasteiger partial charge >= 0.3 is 0 Å². The minimum atomic E-state index is 0. The molecule has 1 unspecified atom stereocenters. The van der Waals surface area contributed by atoms with Crippen molar-refractivity contribution in [1.82, 2.24) is 20.0 Å². The lowest BCUT2D eigenvalue weighted by molar-refractivity contribution is 0.170. The number of hydrogen-bond donors (Lipinski definition) is 1. The molecule has 3 rings (SSSR count). The zero-order valence-electron chi connectivity index (χ0n) is 20.2. The molecule has 2 aliphatic rings. The largest absolute Gasteiger partial charge is 0.493 e. The van der Waals surface area contributed by atoms with Crippen LogP contribution in [0, 0.1) is 5.92 Å². The van der Waals surface area contributed by atoms with Gasteiger partial charge < -0.3 is 29.3 Å². The summed E-state index contributed by atoms with van der Waals surface area (Å²) in [5.41, 5.74) is 1.16. The highest BCUT2D eigenvalue weighted by atomic mass is 127. The van der Waals surface area contributed by atoms with E-state index in [2.05, 4.69) is 32.1 Å². The molecule has 182 valence electrons. The Balaban J connectivity index is 0.00000363. The standard InChI is InChI=1S/C23H39N5O3.HI/c1-24-23(25-15-18-7-6-8-26(2)16-18)28-11-9-27(10-12-28)17-19-13-20(29-3)22(31-5)21(14-19)30-4;/h13-14,18H,6-12,15-17H2,1-5H3,(H,24,25);1H. The van der Waals surface area contributed by atoms with Crippen LogP contribution in [0.3, 0.4) is 0 Å². The Hall–Kier alpha value is -1.46. The van der Waals surface area contributed by atoms with E-state index < -0.39 is 0 Å². The van der Waals surface area contributed by atoms with Crippen LogP contribution >= 0.6 is 24.0 Å². The van der Waals surface area contributed by atoms with Crippen molar-refractivity contribution in [3.63, 3.8) is 0 Å². The molecule has 1 N–H and O–H groups in total. The van der Waals surface area contributed by atoms with Gasteiger partial charge in [0, 0.05) is 52.9 Å². The molecule has 0 aliphatic carbocycles. The van der Waals surface area contributed by atoms with Crippen molar-refractivity contribution < 1.29 is 14.2 Å². The minimum Gasteiger partial charge on any atom is -0.493 e. The molecule has 0 saturated carbocycles. The fourth-order valence-corrected chi connectivity index (χ4v) is 4.61. The summed E-state index contributed by atoms with van der Waals surface area (Å²) in [6.07, 6.45) is 2.60. The monoisotopic (exact) mass is 561 g/mol. The van der Waals surface area contributed by atoms with E-state index >= 15 is 0 Å². The van der Waals surface area contributed by atoms with Gasteiger partial charge in [0.25, 0.3) is 0 Å².